The Labute approximate surface area is 156 Å². The maximum atomic E-state index is 12.6. The van der Waals surface area contributed by atoms with E-state index in [0.29, 0.717) is 18.7 Å². The second-order valence-corrected chi connectivity index (χ2v) is 6.92. The van der Waals surface area contributed by atoms with Crippen LogP contribution in [-0.4, -0.2) is 66.5 Å². The third-order valence-electron chi connectivity index (χ3n) is 4.48. The van der Waals surface area contributed by atoms with E-state index >= 15 is 0 Å². The van der Waals surface area contributed by atoms with Crippen LogP contribution < -0.4 is 5.32 Å². The number of ether oxygens (including phenoxy) is 1. The first kappa shape index (κ1) is 20.4. The molecule has 144 valence electrons. The zero-order chi connectivity index (χ0) is 19.1. The summed E-state index contributed by atoms with van der Waals surface area (Å²) in [7, 11) is 0. The Balaban J connectivity index is 1.96. The van der Waals surface area contributed by atoms with Gasteiger partial charge in [-0.3, -0.25) is 14.5 Å². The Morgan fingerprint density at radius 2 is 1.77 bits per heavy atom. The molecule has 1 aromatic rings. The summed E-state index contributed by atoms with van der Waals surface area (Å²) in [5.41, 5.74) is 1.79. The summed E-state index contributed by atoms with van der Waals surface area (Å²) in [6.45, 7) is 11.8. The zero-order valence-corrected chi connectivity index (χ0v) is 16.3. The van der Waals surface area contributed by atoms with Crippen molar-refractivity contribution in [2.24, 2.45) is 0 Å². The summed E-state index contributed by atoms with van der Waals surface area (Å²) < 4.78 is 5.77. The number of carbonyl (C=O) groups is 2. The van der Waals surface area contributed by atoms with Crippen molar-refractivity contribution in [3.63, 3.8) is 0 Å². The zero-order valence-electron chi connectivity index (χ0n) is 16.3. The molecule has 1 aromatic carbocycles. The highest BCUT2D eigenvalue weighted by Gasteiger charge is 2.22. The normalized spacial score (nSPS) is 20.6. The first-order valence-electron chi connectivity index (χ1n) is 9.45. The van der Waals surface area contributed by atoms with Crippen LogP contribution in [0.3, 0.4) is 0 Å². The second kappa shape index (κ2) is 9.69. The molecule has 1 fully saturated rings. The van der Waals surface area contributed by atoms with Gasteiger partial charge in [0.25, 0.3) is 5.91 Å². The average molecular weight is 361 g/mol. The van der Waals surface area contributed by atoms with E-state index in [1.165, 1.54) is 5.56 Å². The van der Waals surface area contributed by atoms with E-state index in [0.717, 1.165) is 19.6 Å². The van der Waals surface area contributed by atoms with Gasteiger partial charge in [0.2, 0.25) is 5.91 Å². The lowest BCUT2D eigenvalue weighted by Crippen LogP contribution is -2.44. The molecule has 2 rings (SSSR count). The lowest BCUT2D eigenvalue weighted by atomic mass is 10.1. The van der Waals surface area contributed by atoms with Gasteiger partial charge in [-0.1, -0.05) is 12.1 Å². The summed E-state index contributed by atoms with van der Waals surface area (Å²) in [6, 6.07) is 7.70. The average Bonchev–Trinajstić information content (AvgIpc) is 2.59. The van der Waals surface area contributed by atoms with Crippen molar-refractivity contribution in [2.45, 2.75) is 46.4 Å². The van der Waals surface area contributed by atoms with Crippen LogP contribution in [0.4, 0.5) is 0 Å². The molecule has 1 heterocycles. The largest absolute Gasteiger partial charge is 0.373 e. The predicted octanol–water partition coefficient (Wildman–Crippen LogP) is 1.89. The Bertz CT molecular complexity index is 593. The van der Waals surface area contributed by atoms with Gasteiger partial charge >= 0.3 is 0 Å². The first-order valence-corrected chi connectivity index (χ1v) is 9.45. The van der Waals surface area contributed by atoms with Gasteiger partial charge in [-0.05, 0) is 45.4 Å². The number of benzene rings is 1. The van der Waals surface area contributed by atoms with Gasteiger partial charge in [-0.15, -0.1) is 0 Å². The molecule has 2 atom stereocenters. The van der Waals surface area contributed by atoms with Gasteiger partial charge in [-0.2, -0.15) is 0 Å². The van der Waals surface area contributed by atoms with Crippen LogP contribution in [0.15, 0.2) is 24.3 Å². The number of amides is 2. The topological polar surface area (TPSA) is 61.9 Å². The molecule has 1 saturated heterocycles. The summed E-state index contributed by atoms with van der Waals surface area (Å²) in [4.78, 5) is 28.3. The van der Waals surface area contributed by atoms with Crippen molar-refractivity contribution in [1.29, 1.82) is 0 Å². The van der Waals surface area contributed by atoms with Crippen LogP contribution in [-0.2, 0) is 16.1 Å². The van der Waals surface area contributed by atoms with Gasteiger partial charge in [-0.25, -0.2) is 0 Å². The standard InChI is InChI=1S/C20H31N3O3/c1-5-21-19(24)14-23(6-2)20(25)18-9-7-17(8-10-18)13-22-11-15(3)26-16(4)12-22/h7-10,15-16H,5-6,11-14H2,1-4H3,(H,21,24). The number of likely N-dealkylation sites (N-methyl/N-ethyl adjacent to an activating group) is 2. The highest BCUT2D eigenvalue weighted by molar-refractivity contribution is 5.96. The van der Waals surface area contributed by atoms with Gasteiger partial charge in [0, 0.05) is 38.3 Å². The Morgan fingerprint density at radius 1 is 1.15 bits per heavy atom. The second-order valence-electron chi connectivity index (χ2n) is 6.92. The number of rotatable bonds is 7. The molecule has 2 amide bonds. The van der Waals surface area contributed by atoms with Crippen molar-refractivity contribution in [3.8, 4) is 0 Å². The highest BCUT2D eigenvalue weighted by Crippen LogP contribution is 2.15. The minimum Gasteiger partial charge on any atom is -0.373 e. The fourth-order valence-corrected chi connectivity index (χ4v) is 3.36. The van der Waals surface area contributed by atoms with Crippen molar-refractivity contribution < 1.29 is 14.3 Å². The molecule has 0 bridgehead atoms. The quantitative estimate of drug-likeness (QED) is 0.806. The molecule has 0 saturated carbocycles. The van der Waals surface area contributed by atoms with Crippen molar-refractivity contribution >= 4 is 11.8 Å². The van der Waals surface area contributed by atoms with Gasteiger partial charge < -0.3 is 15.0 Å². The summed E-state index contributed by atoms with van der Waals surface area (Å²) in [5.74, 6) is -0.242. The maximum absolute atomic E-state index is 12.6. The molecule has 6 heteroatoms. The Hall–Kier alpha value is -1.92. The first-order chi connectivity index (χ1) is 12.4. The predicted molar refractivity (Wildman–Crippen MR) is 102 cm³/mol. The van der Waals surface area contributed by atoms with E-state index in [-0.39, 0.29) is 30.6 Å². The Kier molecular flexibility index (Phi) is 7.60. The molecule has 1 aliphatic heterocycles. The number of hydrogen-bond donors (Lipinski definition) is 1. The number of nitrogens with one attached hydrogen (secondary N) is 1. The number of hydrogen-bond acceptors (Lipinski definition) is 4. The molecule has 0 aliphatic carbocycles. The third-order valence-corrected chi connectivity index (χ3v) is 4.48. The summed E-state index contributed by atoms with van der Waals surface area (Å²) in [6.07, 6.45) is 0.485. The molecule has 1 N–H and O–H groups in total. The fourth-order valence-electron chi connectivity index (χ4n) is 3.36. The van der Waals surface area contributed by atoms with Gasteiger partial charge in [0.05, 0.1) is 18.8 Å². The van der Waals surface area contributed by atoms with E-state index in [9.17, 15) is 9.59 Å². The molecule has 2 unspecified atom stereocenters. The number of carbonyl (C=O) groups excluding carboxylic acids is 2. The van der Waals surface area contributed by atoms with E-state index in [4.69, 9.17) is 4.74 Å². The van der Waals surface area contributed by atoms with E-state index in [2.05, 4.69) is 24.1 Å². The van der Waals surface area contributed by atoms with Gasteiger partial charge in [0.15, 0.2) is 0 Å². The minimum atomic E-state index is -0.130. The Morgan fingerprint density at radius 3 is 2.31 bits per heavy atom. The van der Waals surface area contributed by atoms with Crippen LogP contribution in [0.2, 0.25) is 0 Å². The monoisotopic (exact) mass is 361 g/mol. The van der Waals surface area contributed by atoms with Crippen molar-refractivity contribution in [2.75, 3.05) is 32.7 Å². The maximum Gasteiger partial charge on any atom is 0.254 e. The van der Waals surface area contributed by atoms with Crippen LogP contribution in [0, 0.1) is 0 Å². The lowest BCUT2D eigenvalue weighted by molar-refractivity contribution is -0.121. The van der Waals surface area contributed by atoms with E-state index in [1.807, 2.05) is 38.1 Å². The van der Waals surface area contributed by atoms with E-state index < -0.39 is 0 Å². The molecule has 26 heavy (non-hydrogen) atoms. The molecule has 0 radical (unpaired) electrons. The molecule has 0 spiro atoms. The SMILES string of the molecule is CCNC(=O)CN(CC)C(=O)c1ccc(CN2CC(C)OC(C)C2)cc1. The summed E-state index contributed by atoms with van der Waals surface area (Å²) in [5, 5.41) is 2.73. The molecule has 0 aromatic heterocycles. The highest BCUT2D eigenvalue weighted by atomic mass is 16.5. The molecular weight excluding hydrogens is 330 g/mol. The fraction of sp³-hybridized carbons (Fsp3) is 0.600. The van der Waals surface area contributed by atoms with Gasteiger partial charge in [0.1, 0.15) is 0 Å². The molecule has 6 nitrogen and oxygen atoms in total. The summed E-state index contributed by atoms with van der Waals surface area (Å²) >= 11 is 0. The smallest absolute Gasteiger partial charge is 0.254 e. The van der Waals surface area contributed by atoms with Crippen LogP contribution in [0.25, 0.3) is 0 Å². The number of nitrogens with zero attached hydrogens (tertiary/aromatic N) is 2. The van der Waals surface area contributed by atoms with E-state index in [1.54, 1.807) is 4.90 Å². The lowest BCUT2D eigenvalue weighted by Gasteiger charge is -2.35. The van der Waals surface area contributed by atoms with Crippen molar-refractivity contribution in [1.82, 2.24) is 15.1 Å². The molecular formula is C20H31N3O3. The van der Waals surface area contributed by atoms with Crippen LogP contribution in [0.5, 0.6) is 0 Å². The minimum absolute atomic E-state index is 0.0917. The molecule has 1 aliphatic rings. The van der Waals surface area contributed by atoms with Crippen LogP contribution in [0.1, 0.15) is 43.6 Å². The van der Waals surface area contributed by atoms with Crippen LogP contribution >= 0.6 is 0 Å². The number of morpholine rings is 1. The third kappa shape index (κ3) is 5.81. The van der Waals surface area contributed by atoms with Crippen molar-refractivity contribution in [3.05, 3.63) is 35.4 Å².